The molecule has 0 fully saturated rings. The van der Waals surface area contributed by atoms with E-state index in [1.807, 2.05) is 30.3 Å². The fraction of sp³-hybridized carbons (Fsp3) is 0.143. The molecule has 0 amide bonds. The van der Waals surface area contributed by atoms with Crippen LogP contribution in [0.25, 0.3) is 0 Å². The van der Waals surface area contributed by atoms with Gasteiger partial charge in [0.1, 0.15) is 6.61 Å². The molecule has 0 aliphatic heterocycles. The number of nitro benzene ring substituents is 1. The Morgan fingerprint density at radius 1 is 1.26 bits per heavy atom. The first kappa shape index (κ1) is 13.0. The molecule has 0 spiro atoms. The minimum absolute atomic E-state index is 0.0203. The maximum Gasteiger partial charge on any atom is 0.275 e. The molecule has 4 nitrogen and oxygen atoms in total. The van der Waals surface area contributed by atoms with Gasteiger partial charge >= 0.3 is 0 Å². The highest BCUT2D eigenvalue weighted by Gasteiger charge is 2.16. The van der Waals surface area contributed by atoms with Crippen LogP contribution in [0.1, 0.15) is 11.1 Å². The number of hydrogen-bond donors (Lipinski definition) is 0. The Morgan fingerprint density at radius 3 is 2.58 bits per heavy atom. The zero-order chi connectivity index (χ0) is 13.8. The summed E-state index contributed by atoms with van der Waals surface area (Å²) in [5.74, 6) is -0.708. The van der Waals surface area contributed by atoms with Gasteiger partial charge in [0, 0.05) is 5.56 Å². The largest absolute Gasteiger partial charge is 0.486 e. The van der Waals surface area contributed by atoms with Crippen LogP contribution in [0.4, 0.5) is 10.1 Å². The average Bonchev–Trinajstić information content (AvgIpc) is 2.40. The molecule has 2 aromatic rings. The number of nitro groups is 1. The highest BCUT2D eigenvalue weighted by atomic mass is 19.1. The molecule has 0 heterocycles. The van der Waals surface area contributed by atoms with Crippen LogP contribution in [0.15, 0.2) is 42.5 Å². The summed E-state index contributed by atoms with van der Waals surface area (Å²) in [4.78, 5) is 10.1. The Balaban J connectivity index is 2.17. The standard InChI is InChI=1S/C14H12FNO3/c1-10-7-14(12(15)8-13(10)16(17)18)19-9-11-5-3-2-4-6-11/h2-8H,9H2,1H3. The van der Waals surface area contributed by atoms with E-state index in [2.05, 4.69) is 0 Å². The number of benzene rings is 2. The molecule has 98 valence electrons. The average molecular weight is 261 g/mol. The summed E-state index contributed by atoms with van der Waals surface area (Å²) < 4.78 is 19.0. The van der Waals surface area contributed by atoms with E-state index in [1.165, 1.54) is 6.07 Å². The summed E-state index contributed by atoms with van der Waals surface area (Å²) >= 11 is 0. The second-order valence-corrected chi connectivity index (χ2v) is 4.10. The lowest BCUT2D eigenvalue weighted by molar-refractivity contribution is -0.385. The van der Waals surface area contributed by atoms with E-state index in [0.29, 0.717) is 5.56 Å². The molecular formula is C14H12FNO3. The van der Waals surface area contributed by atoms with Crippen LogP contribution in [0.5, 0.6) is 5.75 Å². The van der Waals surface area contributed by atoms with Crippen molar-refractivity contribution >= 4 is 5.69 Å². The second-order valence-electron chi connectivity index (χ2n) is 4.10. The van der Waals surface area contributed by atoms with Crippen molar-refractivity contribution < 1.29 is 14.1 Å². The molecule has 0 aliphatic rings. The molecule has 0 saturated carbocycles. The van der Waals surface area contributed by atoms with Crippen LogP contribution in [-0.4, -0.2) is 4.92 Å². The lowest BCUT2D eigenvalue weighted by Crippen LogP contribution is -2.00. The minimum Gasteiger partial charge on any atom is -0.486 e. The summed E-state index contributed by atoms with van der Waals surface area (Å²) in [7, 11) is 0. The summed E-state index contributed by atoms with van der Waals surface area (Å²) in [5, 5.41) is 10.7. The lowest BCUT2D eigenvalue weighted by atomic mass is 10.2. The third kappa shape index (κ3) is 3.07. The Hall–Kier alpha value is -2.43. The van der Waals surface area contributed by atoms with Crippen LogP contribution in [0.3, 0.4) is 0 Å². The molecule has 0 aromatic heterocycles. The van der Waals surface area contributed by atoms with Crippen molar-refractivity contribution in [2.24, 2.45) is 0 Å². The summed E-state index contributed by atoms with van der Waals surface area (Å²) in [6.07, 6.45) is 0. The second kappa shape index (κ2) is 5.48. The molecule has 19 heavy (non-hydrogen) atoms. The maximum atomic E-state index is 13.7. The van der Waals surface area contributed by atoms with Crippen LogP contribution in [0.2, 0.25) is 0 Å². The minimum atomic E-state index is -0.728. The lowest BCUT2D eigenvalue weighted by Gasteiger charge is -2.08. The zero-order valence-electron chi connectivity index (χ0n) is 10.3. The molecule has 0 unspecified atom stereocenters. The zero-order valence-corrected chi connectivity index (χ0v) is 10.3. The highest BCUT2D eigenvalue weighted by molar-refractivity contribution is 5.45. The fourth-order valence-electron chi connectivity index (χ4n) is 1.69. The normalized spacial score (nSPS) is 10.2. The number of rotatable bonds is 4. The van der Waals surface area contributed by atoms with E-state index in [9.17, 15) is 14.5 Å². The Morgan fingerprint density at radius 2 is 1.95 bits per heavy atom. The monoisotopic (exact) mass is 261 g/mol. The third-order valence-electron chi connectivity index (χ3n) is 2.68. The van der Waals surface area contributed by atoms with E-state index in [1.54, 1.807) is 6.92 Å². The maximum absolute atomic E-state index is 13.7. The van der Waals surface area contributed by atoms with Gasteiger partial charge in [0.2, 0.25) is 0 Å². The van der Waals surface area contributed by atoms with Crippen LogP contribution in [-0.2, 0) is 6.61 Å². The molecule has 0 atom stereocenters. The molecule has 0 bridgehead atoms. The molecule has 2 aromatic carbocycles. The Labute approximate surface area is 109 Å². The molecule has 2 rings (SSSR count). The van der Waals surface area contributed by atoms with Gasteiger partial charge in [-0.2, -0.15) is 0 Å². The Kier molecular flexibility index (Phi) is 3.75. The van der Waals surface area contributed by atoms with Gasteiger partial charge in [-0.05, 0) is 18.6 Å². The summed E-state index contributed by atoms with van der Waals surface area (Å²) in [5.41, 5.74) is 1.02. The van der Waals surface area contributed by atoms with Gasteiger partial charge in [0.15, 0.2) is 11.6 Å². The molecule has 0 saturated heterocycles. The molecule has 0 radical (unpaired) electrons. The van der Waals surface area contributed by atoms with Gasteiger partial charge in [-0.15, -0.1) is 0 Å². The molecule has 0 N–H and O–H groups in total. The number of hydrogen-bond acceptors (Lipinski definition) is 3. The smallest absolute Gasteiger partial charge is 0.275 e. The summed E-state index contributed by atoms with van der Waals surface area (Å²) in [6.45, 7) is 1.77. The number of nitrogens with zero attached hydrogens (tertiary/aromatic N) is 1. The topological polar surface area (TPSA) is 52.4 Å². The van der Waals surface area contributed by atoms with E-state index in [-0.39, 0.29) is 18.0 Å². The molecule has 0 aliphatic carbocycles. The van der Waals surface area contributed by atoms with Gasteiger partial charge in [-0.3, -0.25) is 10.1 Å². The van der Waals surface area contributed by atoms with Gasteiger partial charge in [0.25, 0.3) is 5.69 Å². The van der Waals surface area contributed by atoms with Gasteiger partial charge in [-0.1, -0.05) is 30.3 Å². The van der Waals surface area contributed by atoms with Crippen molar-refractivity contribution in [1.82, 2.24) is 0 Å². The van der Waals surface area contributed by atoms with Gasteiger partial charge < -0.3 is 4.74 Å². The van der Waals surface area contributed by atoms with Gasteiger partial charge in [-0.25, -0.2) is 4.39 Å². The van der Waals surface area contributed by atoms with Crippen molar-refractivity contribution in [3.63, 3.8) is 0 Å². The van der Waals surface area contributed by atoms with Crippen LogP contribution in [0, 0.1) is 22.9 Å². The van der Waals surface area contributed by atoms with Gasteiger partial charge in [0.05, 0.1) is 11.0 Å². The fourth-order valence-corrected chi connectivity index (χ4v) is 1.69. The number of halogens is 1. The first-order valence-electron chi connectivity index (χ1n) is 5.69. The SMILES string of the molecule is Cc1cc(OCc2ccccc2)c(F)cc1[N+](=O)[O-]. The van der Waals surface area contributed by atoms with E-state index in [4.69, 9.17) is 4.74 Å². The number of aryl methyl sites for hydroxylation is 1. The van der Waals surface area contributed by atoms with Crippen LogP contribution >= 0.6 is 0 Å². The van der Waals surface area contributed by atoms with E-state index in [0.717, 1.165) is 11.6 Å². The highest BCUT2D eigenvalue weighted by Crippen LogP contribution is 2.27. The van der Waals surface area contributed by atoms with Crippen molar-refractivity contribution in [2.75, 3.05) is 0 Å². The van der Waals surface area contributed by atoms with Crippen molar-refractivity contribution in [2.45, 2.75) is 13.5 Å². The predicted octanol–water partition coefficient (Wildman–Crippen LogP) is 3.62. The quantitative estimate of drug-likeness (QED) is 0.624. The first-order chi connectivity index (χ1) is 9.08. The first-order valence-corrected chi connectivity index (χ1v) is 5.69. The summed E-state index contributed by atoms with van der Waals surface area (Å²) in [6, 6.07) is 11.5. The van der Waals surface area contributed by atoms with Crippen molar-refractivity contribution in [3.8, 4) is 5.75 Å². The predicted molar refractivity (Wildman–Crippen MR) is 68.6 cm³/mol. The van der Waals surface area contributed by atoms with Crippen LogP contribution < -0.4 is 4.74 Å². The molecular weight excluding hydrogens is 249 g/mol. The Bertz CT molecular complexity index is 599. The van der Waals surface area contributed by atoms with Crippen molar-refractivity contribution in [1.29, 1.82) is 0 Å². The molecule has 5 heteroatoms. The van der Waals surface area contributed by atoms with E-state index < -0.39 is 10.7 Å². The number of ether oxygens (including phenoxy) is 1. The van der Waals surface area contributed by atoms with E-state index >= 15 is 0 Å². The third-order valence-corrected chi connectivity index (χ3v) is 2.68. The van der Waals surface area contributed by atoms with Crippen molar-refractivity contribution in [3.05, 3.63) is 69.5 Å².